The van der Waals surface area contributed by atoms with Crippen molar-refractivity contribution in [3.8, 4) is 0 Å². The number of hydrogen-bond donors (Lipinski definition) is 2. The van der Waals surface area contributed by atoms with Crippen LogP contribution in [0.3, 0.4) is 0 Å². The summed E-state index contributed by atoms with van der Waals surface area (Å²) in [7, 11) is 0. The second-order valence-corrected chi connectivity index (χ2v) is 6.50. The van der Waals surface area contributed by atoms with Crippen molar-refractivity contribution in [2.75, 3.05) is 5.73 Å². The zero-order valence-electron chi connectivity index (χ0n) is 12.0. The molecular formula is C16H23NO2. The van der Waals surface area contributed by atoms with E-state index in [1.807, 2.05) is 12.1 Å². The average molecular weight is 261 g/mol. The Morgan fingerprint density at radius 1 is 1.21 bits per heavy atom. The van der Waals surface area contributed by atoms with Crippen molar-refractivity contribution in [3.05, 3.63) is 29.3 Å². The first kappa shape index (κ1) is 13.9. The molecule has 0 aliphatic heterocycles. The van der Waals surface area contributed by atoms with Crippen LogP contribution in [0.25, 0.3) is 0 Å². The molecule has 1 atom stereocenters. The van der Waals surface area contributed by atoms with Crippen LogP contribution in [0.15, 0.2) is 18.2 Å². The van der Waals surface area contributed by atoms with E-state index in [-0.39, 0.29) is 16.4 Å². The zero-order chi connectivity index (χ0) is 14.3. The number of carbonyl (C=O) groups is 1. The van der Waals surface area contributed by atoms with Crippen LogP contribution in [0.1, 0.15) is 62.4 Å². The fourth-order valence-corrected chi connectivity index (χ4v) is 3.39. The van der Waals surface area contributed by atoms with Gasteiger partial charge in [0.15, 0.2) is 0 Å². The summed E-state index contributed by atoms with van der Waals surface area (Å²) in [5.74, 6) is -0.948. The zero-order valence-corrected chi connectivity index (χ0v) is 12.0. The van der Waals surface area contributed by atoms with Gasteiger partial charge in [0.2, 0.25) is 0 Å². The van der Waals surface area contributed by atoms with Crippen LogP contribution in [0.5, 0.6) is 0 Å². The lowest BCUT2D eigenvalue weighted by molar-refractivity contribution is 0.0697. The van der Waals surface area contributed by atoms with Gasteiger partial charge in [0.25, 0.3) is 0 Å². The van der Waals surface area contributed by atoms with Gasteiger partial charge >= 0.3 is 5.97 Å². The largest absolute Gasteiger partial charge is 0.478 e. The van der Waals surface area contributed by atoms with Crippen molar-refractivity contribution in [1.29, 1.82) is 0 Å². The number of carboxylic acids is 1. The quantitative estimate of drug-likeness (QED) is 0.795. The number of hydrogen-bond acceptors (Lipinski definition) is 2. The summed E-state index contributed by atoms with van der Waals surface area (Å²) < 4.78 is 0. The van der Waals surface area contributed by atoms with Gasteiger partial charge in [-0.3, -0.25) is 0 Å². The van der Waals surface area contributed by atoms with Gasteiger partial charge in [0.05, 0.1) is 5.56 Å². The summed E-state index contributed by atoms with van der Waals surface area (Å²) in [6.07, 6.45) is 4.63. The maximum Gasteiger partial charge on any atom is 0.337 e. The van der Waals surface area contributed by atoms with Crippen LogP contribution in [-0.4, -0.2) is 11.1 Å². The van der Waals surface area contributed by atoms with E-state index in [0.717, 1.165) is 18.4 Å². The second-order valence-electron chi connectivity index (χ2n) is 6.50. The van der Waals surface area contributed by atoms with Crippen molar-refractivity contribution >= 4 is 11.7 Å². The molecule has 1 aliphatic rings. The van der Waals surface area contributed by atoms with E-state index in [0.29, 0.717) is 5.69 Å². The van der Waals surface area contributed by atoms with E-state index in [4.69, 9.17) is 5.73 Å². The monoisotopic (exact) mass is 261 g/mol. The molecule has 0 spiro atoms. The van der Waals surface area contributed by atoms with Crippen molar-refractivity contribution in [2.45, 2.75) is 51.9 Å². The topological polar surface area (TPSA) is 63.3 Å². The first-order valence-corrected chi connectivity index (χ1v) is 6.92. The van der Waals surface area contributed by atoms with Gasteiger partial charge in [-0.2, -0.15) is 0 Å². The number of aromatic carboxylic acids is 1. The number of benzene rings is 1. The molecule has 2 rings (SSSR count). The third-order valence-corrected chi connectivity index (χ3v) is 5.15. The Kier molecular flexibility index (Phi) is 3.33. The molecule has 1 aromatic rings. The fraction of sp³-hybridized carbons (Fsp3) is 0.562. The van der Waals surface area contributed by atoms with Crippen molar-refractivity contribution in [3.63, 3.8) is 0 Å². The molecule has 0 saturated heterocycles. The molecule has 1 aromatic carbocycles. The molecule has 1 fully saturated rings. The minimum Gasteiger partial charge on any atom is -0.478 e. The predicted octanol–water partition coefficient (Wildman–Crippen LogP) is 3.82. The Bertz CT molecular complexity index is 507. The number of rotatable bonds is 2. The first-order valence-electron chi connectivity index (χ1n) is 6.92. The summed E-state index contributed by atoms with van der Waals surface area (Å²) in [4.78, 5) is 11.2. The fourth-order valence-electron chi connectivity index (χ4n) is 3.39. The lowest BCUT2D eigenvalue weighted by atomic mass is 9.55. The predicted molar refractivity (Wildman–Crippen MR) is 77.4 cm³/mol. The Morgan fingerprint density at radius 3 is 2.42 bits per heavy atom. The summed E-state index contributed by atoms with van der Waals surface area (Å²) in [5.41, 5.74) is 7.88. The normalized spacial score (nSPS) is 26.1. The first-order chi connectivity index (χ1) is 8.79. The molecule has 0 bridgehead atoms. The Labute approximate surface area is 114 Å². The highest BCUT2D eigenvalue weighted by Gasteiger charge is 2.45. The lowest BCUT2D eigenvalue weighted by Crippen LogP contribution is -2.42. The van der Waals surface area contributed by atoms with Crippen LogP contribution in [0.4, 0.5) is 5.69 Å². The number of nitrogens with two attached hydrogens (primary N) is 1. The molecule has 104 valence electrons. The molecular weight excluding hydrogens is 238 g/mol. The minimum absolute atomic E-state index is 0.0548. The van der Waals surface area contributed by atoms with E-state index >= 15 is 0 Å². The molecule has 1 unspecified atom stereocenters. The van der Waals surface area contributed by atoms with Gasteiger partial charge in [-0.1, -0.05) is 45.7 Å². The Morgan fingerprint density at radius 2 is 1.84 bits per heavy atom. The van der Waals surface area contributed by atoms with Gasteiger partial charge in [-0.05, 0) is 35.3 Å². The van der Waals surface area contributed by atoms with E-state index < -0.39 is 5.97 Å². The molecule has 1 aliphatic carbocycles. The molecule has 0 heterocycles. The van der Waals surface area contributed by atoms with Crippen LogP contribution in [-0.2, 0) is 5.41 Å². The third kappa shape index (κ3) is 2.11. The molecule has 1 saturated carbocycles. The second kappa shape index (κ2) is 4.55. The van der Waals surface area contributed by atoms with Crippen LogP contribution >= 0.6 is 0 Å². The summed E-state index contributed by atoms with van der Waals surface area (Å²) in [6, 6.07) is 5.39. The lowest BCUT2D eigenvalue weighted by Gasteiger charge is -2.49. The maximum absolute atomic E-state index is 11.2. The Balaban J connectivity index is 2.57. The molecule has 19 heavy (non-hydrogen) atoms. The van der Waals surface area contributed by atoms with Crippen LogP contribution in [0.2, 0.25) is 0 Å². The SMILES string of the molecule is CC1(C)CCCCC1(C)c1cccc(C(=O)O)c1N. The highest BCUT2D eigenvalue weighted by atomic mass is 16.4. The van der Waals surface area contributed by atoms with Gasteiger partial charge in [-0.15, -0.1) is 0 Å². The van der Waals surface area contributed by atoms with Gasteiger partial charge < -0.3 is 10.8 Å². The smallest absolute Gasteiger partial charge is 0.337 e. The number of carboxylic acid groups (broad SMARTS) is 1. The van der Waals surface area contributed by atoms with E-state index in [9.17, 15) is 9.90 Å². The van der Waals surface area contributed by atoms with Crippen molar-refractivity contribution in [1.82, 2.24) is 0 Å². The van der Waals surface area contributed by atoms with Crippen LogP contribution < -0.4 is 5.73 Å². The Hall–Kier alpha value is -1.51. The van der Waals surface area contributed by atoms with E-state index in [2.05, 4.69) is 20.8 Å². The summed E-state index contributed by atoms with van der Waals surface area (Å²) in [6.45, 7) is 6.75. The minimum atomic E-state index is -0.948. The standard InChI is InChI=1S/C16H23NO2/c1-15(2)9-4-5-10-16(15,3)12-8-6-7-11(13(12)17)14(18)19/h6-8H,4-5,9-10,17H2,1-3H3,(H,18,19). The van der Waals surface area contributed by atoms with Crippen molar-refractivity contribution in [2.24, 2.45) is 5.41 Å². The number of anilines is 1. The van der Waals surface area contributed by atoms with E-state index in [1.165, 1.54) is 12.8 Å². The summed E-state index contributed by atoms with van der Waals surface area (Å²) >= 11 is 0. The van der Waals surface area contributed by atoms with Gasteiger partial charge in [-0.25, -0.2) is 4.79 Å². The van der Waals surface area contributed by atoms with Gasteiger partial charge in [0.1, 0.15) is 0 Å². The number of para-hydroxylation sites is 1. The van der Waals surface area contributed by atoms with Gasteiger partial charge in [0, 0.05) is 5.69 Å². The highest BCUT2D eigenvalue weighted by molar-refractivity contribution is 5.94. The maximum atomic E-state index is 11.2. The molecule has 3 N–H and O–H groups in total. The number of nitrogen functional groups attached to an aromatic ring is 1. The average Bonchev–Trinajstić information content (AvgIpc) is 2.33. The highest BCUT2D eigenvalue weighted by Crippen LogP contribution is 2.53. The van der Waals surface area contributed by atoms with Crippen LogP contribution in [0, 0.1) is 5.41 Å². The van der Waals surface area contributed by atoms with E-state index in [1.54, 1.807) is 6.07 Å². The molecule has 0 radical (unpaired) electrons. The van der Waals surface area contributed by atoms with Crippen molar-refractivity contribution < 1.29 is 9.90 Å². The molecule has 0 aromatic heterocycles. The molecule has 0 amide bonds. The summed E-state index contributed by atoms with van der Waals surface area (Å²) in [5, 5.41) is 9.22. The third-order valence-electron chi connectivity index (χ3n) is 5.15. The molecule has 3 nitrogen and oxygen atoms in total. The molecule has 3 heteroatoms.